The molecule has 0 saturated carbocycles. The Morgan fingerprint density at radius 2 is 2.55 bits per heavy atom. The number of carbonyl (C=O) groups excluding carboxylic acids is 1. The predicted molar refractivity (Wildman–Crippen MR) is 50.1 cm³/mol. The highest BCUT2D eigenvalue weighted by Crippen LogP contribution is 2.20. The zero-order chi connectivity index (χ0) is 8.27. The number of hydrogen-bond donors (Lipinski definition) is 1. The van der Waals surface area contributed by atoms with Crippen LogP contribution in [0.1, 0.15) is 15.2 Å². The van der Waals surface area contributed by atoms with Crippen LogP contribution >= 0.6 is 23.1 Å². The van der Waals surface area contributed by atoms with Gasteiger partial charge in [0, 0.05) is 10.6 Å². The van der Waals surface area contributed by atoms with Crippen LogP contribution in [0.15, 0.2) is 11.4 Å². The number of hydrogen-bond acceptors (Lipinski definition) is 3. The van der Waals surface area contributed by atoms with Crippen LogP contribution in [-0.4, -0.2) is 12.2 Å². The molecule has 0 bridgehead atoms. The summed E-state index contributed by atoms with van der Waals surface area (Å²) in [6.45, 7) is 0. The van der Waals surface area contributed by atoms with Gasteiger partial charge in [0.2, 0.25) is 5.91 Å². The number of amides is 1. The third-order valence-electron chi connectivity index (χ3n) is 1.29. The van der Waals surface area contributed by atoms with Crippen LogP contribution in [0.3, 0.4) is 0 Å². The first-order valence-electron chi connectivity index (χ1n) is 3.11. The Hall–Kier alpha value is -0.480. The predicted octanol–water partition coefficient (Wildman–Crippen LogP) is 1.71. The van der Waals surface area contributed by atoms with Crippen molar-refractivity contribution in [3.63, 3.8) is 0 Å². The average Bonchev–Trinajstić information content (AvgIpc) is 2.36. The van der Waals surface area contributed by atoms with Crippen LogP contribution in [-0.2, 0) is 5.75 Å². The summed E-state index contributed by atoms with van der Waals surface area (Å²) < 4.78 is 0. The lowest BCUT2D eigenvalue weighted by Crippen LogP contribution is -2.11. The quantitative estimate of drug-likeness (QED) is 0.782. The molecule has 60 valence electrons. The van der Waals surface area contributed by atoms with Crippen LogP contribution in [0, 0.1) is 0 Å². The van der Waals surface area contributed by atoms with Crippen molar-refractivity contribution < 1.29 is 4.79 Å². The van der Waals surface area contributed by atoms with E-state index >= 15 is 0 Å². The van der Waals surface area contributed by atoms with Crippen LogP contribution in [0.25, 0.3) is 0 Å². The number of thiophene rings is 1. The van der Waals surface area contributed by atoms with Crippen LogP contribution in [0.5, 0.6) is 0 Å². The standard InChI is InChI=1S/C7H9NOS2/c1-10-4-6-5(7(8)9)2-3-11-6/h2-3H,4H2,1H3,(H2,8,9). The van der Waals surface area contributed by atoms with E-state index in [-0.39, 0.29) is 5.91 Å². The zero-order valence-electron chi connectivity index (χ0n) is 6.16. The smallest absolute Gasteiger partial charge is 0.249 e. The number of nitrogens with two attached hydrogens (primary N) is 1. The fourth-order valence-corrected chi connectivity index (χ4v) is 2.51. The topological polar surface area (TPSA) is 43.1 Å². The van der Waals surface area contributed by atoms with Gasteiger partial charge in [-0.15, -0.1) is 11.3 Å². The normalized spacial score (nSPS) is 9.91. The number of primary amides is 1. The summed E-state index contributed by atoms with van der Waals surface area (Å²) in [6, 6.07) is 1.78. The van der Waals surface area contributed by atoms with Gasteiger partial charge in [0.1, 0.15) is 0 Å². The molecule has 1 heterocycles. The maximum atomic E-state index is 10.8. The third-order valence-corrected chi connectivity index (χ3v) is 2.97. The summed E-state index contributed by atoms with van der Waals surface area (Å²) in [5.74, 6) is 0.547. The fraction of sp³-hybridized carbons (Fsp3) is 0.286. The van der Waals surface area contributed by atoms with Crippen LogP contribution in [0.4, 0.5) is 0 Å². The molecule has 0 unspecified atom stereocenters. The molecule has 0 radical (unpaired) electrons. The minimum Gasteiger partial charge on any atom is -0.366 e. The molecule has 0 aliphatic carbocycles. The van der Waals surface area contributed by atoms with Crippen molar-refractivity contribution in [2.24, 2.45) is 5.73 Å². The largest absolute Gasteiger partial charge is 0.366 e. The Labute approximate surface area is 73.8 Å². The number of rotatable bonds is 3. The van der Waals surface area contributed by atoms with Crippen molar-refractivity contribution >= 4 is 29.0 Å². The minimum atomic E-state index is -0.324. The second-order valence-electron chi connectivity index (χ2n) is 2.05. The SMILES string of the molecule is CSCc1sccc1C(N)=O. The maximum absolute atomic E-state index is 10.8. The zero-order valence-corrected chi connectivity index (χ0v) is 7.80. The molecule has 0 aliphatic rings. The van der Waals surface area contributed by atoms with Gasteiger partial charge in [-0.05, 0) is 17.7 Å². The van der Waals surface area contributed by atoms with Crippen LogP contribution < -0.4 is 5.73 Å². The van der Waals surface area contributed by atoms with Gasteiger partial charge >= 0.3 is 0 Å². The molecule has 1 rings (SSSR count). The molecule has 0 spiro atoms. The molecule has 2 N–H and O–H groups in total. The molecule has 1 aromatic rings. The highest BCUT2D eigenvalue weighted by Gasteiger charge is 2.07. The Morgan fingerprint density at radius 1 is 1.82 bits per heavy atom. The monoisotopic (exact) mass is 187 g/mol. The molecular weight excluding hydrogens is 178 g/mol. The van der Waals surface area contributed by atoms with Gasteiger partial charge in [-0.1, -0.05) is 0 Å². The second-order valence-corrected chi connectivity index (χ2v) is 3.92. The minimum absolute atomic E-state index is 0.324. The van der Waals surface area contributed by atoms with Gasteiger partial charge in [-0.3, -0.25) is 4.79 Å². The van der Waals surface area contributed by atoms with Gasteiger partial charge in [0.25, 0.3) is 0 Å². The summed E-state index contributed by atoms with van der Waals surface area (Å²) in [6.07, 6.45) is 2.00. The van der Waals surface area contributed by atoms with E-state index < -0.39 is 0 Å². The number of thioether (sulfide) groups is 1. The summed E-state index contributed by atoms with van der Waals surface area (Å²) >= 11 is 3.27. The van der Waals surface area contributed by atoms with E-state index in [1.807, 2.05) is 11.6 Å². The molecule has 0 aromatic carbocycles. The third kappa shape index (κ3) is 1.97. The molecule has 0 saturated heterocycles. The van der Waals surface area contributed by atoms with E-state index in [0.717, 1.165) is 10.6 Å². The summed E-state index contributed by atoms with van der Waals surface area (Å²) in [5, 5.41) is 1.89. The Morgan fingerprint density at radius 3 is 3.09 bits per heavy atom. The average molecular weight is 187 g/mol. The highest BCUT2D eigenvalue weighted by atomic mass is 32.2. The molecule has 0 fully saturated rings. The first kappa shape index (κ1) is 8.62. The van der Waals surface area contributed by atoms with E-state index in [1.54, 1.807) is 29.2 Å². The van der Waals surface area contributed by atoms with Crippen molar-refractivity contribution in [3.8, 4) is 0 Å². The van der Waals surface area contributed by atoms with E-state index in [9.17, 15) is 4.79 Å². The van der Waals surface area contributed by atoms with Gasteiger partial charge in [0.05, 0.1) is 5.56 Å². The Bertz CT molecular complexity index is 257. The first-order valence-corrected chi connectivity index (χ1v) is 5.38. The lowest BCUT2D eigenvalue weighted by atomic mass is 10.2. The molecular formula is C7H9NOS2. The van der Waals surface area contributed by atoms with Gasteiger partial charge in [-0.25, -0.2) is 0 Å². The van der Waals surface area contributed by atoms with Crippen molar-refractivity contribution in [2.45, 2.75) is 5.75 Å². The Balaban J connectivity index is 2.87. The fourth-order valence-electron chi connectivity index (χ4n) is 0.803. The van der Waals surface area contributed by atoms with E-state index in [1.165, 1.54) is 0 Å². The second kappa shape index (κ2) is 3.78. The van der Waals surface area contributed by atoms with Crippen molar-refractivity contribution in [2.75, 3.05) is 6.26 Å². The van der Waals surface area contributed by atoms with Gasteiger partial charge < -0.3 is 5.73 Å². The molecule has 11 heavy (non-hydrogen) atoms. The van der Waals surface area contributed by atoms with Crippen molar-refractivity contribution in [1.29, 1.82) is 0 Å². The molecule has 1 amide bonds. The summed E-state index contributed by atoms with van der Waals surface area (Å²) in [7, 11) is 0. The van der Waals surface area contributed by atoms with E-state index in [4.69, 9.17) is 5.73 Å². The molecule has 4 heteroatoms. The molecule has 0 atom stereocenters. The lowest BCUT2D eigenvalue weighted by Gasteiger charge is -1.95. The molecule has 2 nitrogen and oxygen atoms in total. The molecule has 1 aromatic heterocycles. The van der Waals surface area contributed by atoms with Crippen LogP contribution in [0.2, 0.25) is 0 Å². The first-order chi connectivity index (χ1) is 5.25. The molecule has 0 aliphatic heterocycles. The van der Waals surface area contributed by atoms with E-state index in [2.05, 4.69) is 0 Å². The maximum Gasteiger partial charge on any atom is 0.249 e. The Kier molecular flexibility index (Phi) is 2.96. The summed E-state index contributed by atoms with van der Waals surface area (Å²) in [4.78, 5) is 11.9. The number of carbonyl (C=O) groups is 1. The van der Waals surface area contributed by atoms with E-state index in [0.29, 0.717) is 5.56 Å². The highest BCUT2D eigenvalue weighted by molar-refractivity contribution is 7.97. The summed E-state index contributed by atoms with van der Waals surface area (Å²) in [5.41, 5.74) is 5.82. The van der Waals surface area contributed by atoms with Crippen molar-refractivity contribution in [3.05, 3.63) is 21.9 Å². The van der Waals surface area contributed by atoms with Gasteiger partial charge in [0.15, 0.2) is 0 Å². The van der Waals surface area contributed by atoms with Gasteiger partial charge in [-0.2, -0.15) is 11.8 Å². The lowest BCUT2D eigenvalue weighted by molar-refractivity contribution is 0.1000. The van der Waals surface area contributed by atoms with Crippen molar-refractivity contribution in [1.82, 2.24) is 0 Å².